The van der Waals surface area contributed by atoms with Gasteiger partial charge in [0.25, 0.3) is 0 Å². The number of nitrogens with two attached hydrogens (primary N) is 1. The summed E-state index contributed by atoms with van der Waals surface area (Å²) >= 11 is 14.9. The van der Waals surface area contributed by atoms with Gasteiger partial charge in [0, 0.05) is 29.1 Å². The average Bonchev–Trinajstić information content (AvgIpc) is 3.40. The number of rotatable bonds is 6. The number of hydrogen-bond acceptors (Lipinski definition) is 9. The third-order valence-electron chi connectivity index (χ3n) is 4.96. The number of thiazole rings is 1. The molecule has 4 N–H and O–H groups in total. The molecule has 3 heterocycles. The van der Waals surface area contributed by atoms with E-state index in [0.29, 0.717) is 20.9 Å². The van der Waals surface area contributed by atoms with E-state index in [9.17, 15) is 10.2 Å². The van der Waals surface area contributed by atoms with E-state index in [0.717, 1.165) is 10.5 Å². The Morgan fingerprint density at radius 1 is 1.35 bits per heavy atom. The van der Waals surface area contributed by atoms with Gasteiger partial charge in [-0.3, -0.25) is 4.68 Å². The summed E-state index contributed by atoms with van der Waals surface area (Å²) in [5.41, 5.74) is 6.65. The Balaban J connectivity index is 1.64. The van der Waals surface area contributed by atoms with Crippen LogP contribution in [0.1, 0.15) is 6.04 Å². The summed E-state index contributed by atoms with van der Waals surface area (Å²) in [6, 6.07) is 4.64. The standard InChI is InChI=1S/C19H20Cl2N4O4S2/c1-28-17-15(25-6-9(5-23-25)13-8-30-19(22)24-13)16(27)14(7-26)29-18(17)31-10-2-3-11(20)12(21)4-10/h2-6,8,14-18,26-27H,7H2,1H3,(H2,22,24)/t14?,15-,16-,17?,18+/m0/s1. The predicted molar refractivity (Wildman–Crippen MR) is 122 cm³/mol. The minimum absolute atomic E-state index is 0.358. The number of halogens is 2. The van der Waals surface area contributed by atoms with Crippen molar-refractivity contribution >= 4 is 51.4 Å². The summed E-state index contributed by atoms with van der Waals surface area (Å²) in [5.74, 6) is 0. The fraction of sp³-hybridized carbons (Fsp3) is 0.368. The molecular formula is C19H20Cl2N4O4S2. The number of aliphatic hydroxyl groups is 2. The second-order valence-corrected chi connectivity index (χ2v) is 9.76. The molecule has 1 aliphatic heterocycles. The van der Waals surface area contributed by atoms with Gasteiger partial charge in [0.1, 0.15) is 29.8 Å². The molecule has 166 valence electrons. The highest BCUT2D eigenvalue weighted by atomic mass is 35.5. The van der Waals surface area contributed by atoms with Gasteiger partial charge in [0.05, 0.1) is 28.5 Å². The quantitative estimate of drug-likeness (QED) is 0.469. The molecule has 1 aliphatic rings. The summed E-state index contributed by atoms with van der Waals surface area (Å²) in [7, 11) is 1.54. The van der Waals surface area contributed by atoms with E-state index in [2.05, 4.69) is 10.1 Å². The molecule has 1 aromatic carbocycles. The van der Waals surface area contributed by atoms with Crippen LogP contribution in [0.4, 0.5) is 5.13 Å². The Bertz CT molecular complexity index is 1050. The molecule has 0 bridgehead atoms. The molecule has 0 aliphatic carbocycles. The zero-order chi connectivity index (χ0) is 22.1. The maximum absolute atomic E-state index is 10.9. The highest BCUT2D eigenvalue weighted by Crippen LogP contribution is 2.41. The molecule has 2 unspecified atom stereocenters. The molecule has 0 radical (unpaired) electrons. The highest BCUT2D eigenvalue weighted by molar-refractivity contribution is 7.99. The Hall–Kier alpha value is -1.37. The van der Waals surface area contributed by atoms with Crippen molar-refractivity contribution in [3.63, 3.8) is 0 Å². The summed E-state index contributed by atoms with van der Waals surface area (Å²) in [4.78, 5) is 5.08. The van der Waals surface area contributed by atoms with E-state index in [1.54, 1.807) is 36.3 Å². The van der Waals surface area contributed by atoms with Crippen molar-refractivity contribution in [1.29, 1.82) is 0 Å². The number of methoxy groups -OCH3 is 1. The van der Waals surface area contributed by atoms with E-state index in [1.807, 2.05) is 11.4 Å². The molecule has 2 aromatic heterocycles. The lowest BCUT2D eigenvalue weighted by molar-refractivity contribution is -0.186. The largest absolute Gasteiger partial charge is 0.394 e. The van der Waals surface area contributed by atoms with Gasteiger partial charge in [-0.15, -0.1) is 11.3 Å². The van der Waals surface area contributed by atoms with Crippen LogP contribution in [0.5, 0.6) is 0 Å². The van der Waals surface area contributed by atoms with E-state index < -0.39 is 29.8 Å². The molecule has 0 saturated carbocycles. The maximum Gasteiger partial charge on any atom is 0.180 e. The zero-order valence-corrected chi connectivity index (χ0v) is 19.4. The number of nitrogens with zero attached hydrogens (tertiary/aromatic N) is 3. The second kappa shape index (κ2) is 9.63. The second-order valence-electron chi connectivity index (χ2n) is 6.88. The van der Waals surface area contributed by atoms with Crippen molar-refractivity contribution in [3.8, 4) is 11.3 Å². The monoisotopic (exact) mass is 502 g/mol. The van der Waals surface area contributed by atoms with Crippen LogP contribution in [-0.2, 0) is 9.47 Å². The molecule has 0 amide bonds. The Labute approximate surface area is 196 Å². The van der Waals surface area contributed by atoms with E-state index in [-0.39, 0.29) is 6.61 Å². The minimum Gasteiger partial charge on any atom is -0.394 e. The Morgan fingerprint density at radius 3 is 2.81 bits per heavy atom. The van der Waals surface area contributed by atoms with Gasteiger partial charge in [-0.05, 0) is 18.2 Å². The van der Waals surface area contributed by atoms with Gasteiger partial charge >= 0.3 is 0 Å². The molecule has 1 saturated heterocycles. The summed E-state index contributed by atoms with van der Waals surface area (Å²) in [5, 5.41) is 28.3. The van der Waals surface area contributed by atoms with Crippen molar-refractivity contribution in [2.45, 2.75) is 34.7 Å². The molecule has 5 atom stereocenters. The van der Waals surface area contributed by atoms with Crippen LogP contribution < -0.4 is 5.73 Å². The van der Waals surface area contributed by atoms with E-state index >= 15 is 0 Å². The third kappa shape index (κ3) is 4.71. The number of ether oxygens (including phenoxy) is 2. The van der Waals surface area contributed by atoms with Crippen molar-refractivity contribution in [2.75, 3.05) is 19.5 Å². The van der Waals surface area contributed by atoms with Crippen LogP contribution in [-0.4, -0.2) is 62.4 Å². The molecule has 3 aromatic rings. The fourth-order valence-corrected chi connectivity index (χ4v) is 5.59. The SMILES string of the molecule is COC1[C@@H](Sc2ccc(Cl)c(Cl)c2)OC(CO)[C@H](O)[C@@H]1n1cc(-c2csc(N)n2)cn1. The van der Waals surface area contributed by atoms with Crippen molar-refractivity contribution in [2.24, 2.45) is 0 Å². The van der Waals surface area contributed by atoms with E-state index in [4.69, 9.17) is 38.4 Å². The van der Waals surface area contributed by atoms with Gasteiger partial charge in [-0.1, -0.05) is 35.0 Å². The number of nitrogen functional groups attached to an aromatic ring is 1. The van der Waals surface area contributed by atoms with E-state index in [1.165, 1.54) is 23.1 Å². The van der Waals surface area contributed by atoms with Gasteiger partial charge < -0.3 is 25.4 Å². The van der Waals surface area contributed by atoms with Crippen LogP contribution in [0, 0.1) is 0 Å². The molecule has 1 fully saturated rings. The number of anilines is 1. The third-order valence-corrected chi connectivity index (χ3v) is 7.52. The van der Waals surface area contributed by atoms with Gasteiger partial charge in [-0.25, -0.2) is 4.98 Å². The maximum atomic E-state index is 10.9. The number of thioether (sulfide) groups is 1. The first-order valence-electron chi connectivity index (χ1n) is 9.25. The number of aromatic nitrogens is 3. The van der Waals surface area contributed by atoms with Crippen LogP contribution in [0.15, 0.2) is 40.9 Å². The van der Waals surface area contributed by atoms with Crippen molar-refractivity contribution in [1.82, 2.24) is 14.8 Å². The molecule has 4 rings (SSSR count). The zero-order valence-electron chi connectivity index (χ0n) is 16.3. The Kier molecular flexibility index (Phi) is 7.09. The lowest BCUT2D eigenvalue weighted by Gasteiger charge is -2.43. The first kappa shape index (κ1) is 22.8. The molecule has 12 heteroatoms. The molecule has 0 spiro atoms. The van der Waals surface area contributed by atoms with Crippen LogP contribution in [0.25, 0.3) is 11.3 Å². The van der Waals surface area contributed by atoms with Crippen LogP contribution >= 0.6 is 46.3 Å². The minimum atomic E-state index is -1.05. The molecular weight excluding hydrogens is 483 g/mol. The van der Waals surface area contributed by atoms with Crippen molar-refractivity contribution < 1.29 is 19.7 Å². The summed E-state index contributed by atoms with van der Waals surface area (Å²) in [6.07, 6.45) is 0.978. The first-order valence-corrected chi connectivity index (χ1v) is 11.8. The van der Waals surface area contributed by atoms with Gasteiger partial charge in [0.15, 0.2) is 5.13 Å². The van der Waals surface area contributed by atoms with Crippen molar-refractivity contribution in [3.05, 3.63) is 46.0 Å². The van der Waals surface area contributed by atoms with Crippen LogP contribution in [0.2, 0.25) is 10.0 Å². The summed E-state index contributed by atoms with van der Waals surface area (Å²) in [6.45, 7) is -0.358. The highest BCUT2D eigenvalue weighted by Gasteiger charge is 2.47. The number of hydrogen-bond donors (Lipinski definition) is 3. The lowest BCUT2D eigenvalue weighted by Crippen LogP contribution is -2.55. The Morgan fingerprint density at radius 2 is 2.16 bits per heavy atom. The fourth-order valence-electron chi connectivity index (χ4n) is 3.45. The van der Waals surface area contributed by atoms with Gasteiger partial charge in [0.2, 0.25) is 0 Å². The molecule has 8 nitrogen and oxygen atoms in total. The topological polar surface area (TPSA) is 116 Å². The number of benzene rings is 1. The normalized spacial score (nSPS) is 26.3. The first-order chi connectivity index (χ1) is 14.9. The molecule has 31 heavy (non-hydrogen) atoms. The van der Waals surface area contributed by atoms with Gasteiger partial charge in [-0.2, -0.15) is 5.10 Å². The average molecular weight is 503 g/mol. The number of aliphatic hydroxyl groups excluding tert-OH is 2. The summed E-state index contributed by atoms with van der Waals surface area (Å²) < 4.78 is 13.3. The lowest BCUT2D eigenvalue weighted by atomic mass is 9.97. The van der Waals surface area contributed by atoms with Crippen LogP contribution in [0.3, 0.4) is 0 Å². The smallest absolute Gasteiger partial charge is 0.180 e. The predicted octanol–water partition coefficient (Wildman–Crippen LogP) is 3.32.